The first-order valence-electron chi connectivity index (χ1n) is 5.91. The number of nitrogens with zero attached hydrogens (tertiary/aromatic N) is 1. The van der Waals surface area contributed by atoms with Crippen molar-refractivity contribution >= 4 is 23.2 Å². The molecule has 17 heavy (non-hydrogen) atoms. The van der Waals surface area contributed by atoms with Gasteiger partial charge in [0, 0.05) is 24.0 Å². The standard InChI is InChI=1S/C13H16Cl2FN/c14-7-10-2-1-5-17(8-10)9-11-6-12(16)3-4-13(11)15/h3-4,6,10H,1-2,5,7-9H2. The third-order valence-electron chi connectivity index (χ3n) is 3.22. The quantitative estimate of drug-likeness (QED) is 0.756. The molecule has 1 unspecified atom stereocenters. The van der Waals surface area contributed by atoms with E-state index >= 15 is 0 Å². The van der Waals surface area contributed by atoms with Gasteiger partial charge in [0.1, 0.15) is 5.82 Å². The van der Waals surface area contributed by atoms with Gasteiger partial charge in [0.25, 0.3) is 0 Å². The number of halogens is 3. The minimum Gasteiger partial charge on any atom is -0.299 e. The highest BCUT2D eigenvalue weighted by Gasteiger charge is 2.19. The van der Waals surface area contributed by atoms with Crippen LogP contribution in [0.3, 0.4) is 0 Å². The monoisotopic (exact) mass is 275 g/mol. The molecule has 1 heterocycles. The van der Waals surface area contributed by atoms with Crippen molar-refractivity contribution in [2.75, 3.05) is 19.0 Å². The molecule has 0 N–H and O–H groups in total. The van der Waals surface area contributed by atoms with Crippen LogP contribution in [0.15, 0.2) is 18.2 Å². The molecule has 1 aromatic rings. The van der Waals surface area contributed by atoms with Crippen LogP contribution in [-0.4, -0.2) is 23.9 Å². The molecule has 1 atom stereocenters. The van der Waals surface area contributed by atoms with Gasteiger partial charge in [-0.2, -0.15) is 0 Å². The molecule has 1 fully saturated rings. The van der Waals surface area contributed by atoms with Crippen molar-refractivity contribution in [3.8, 4) is 0 Å². The lowest BCUT2D eigenvalue weighted by Gasteiger charge is -2.31. The number of likely N-dealkylation sites (tertiary alicyclic amines) is 1. The molecular formula is C13H16Cl2FN. The van der Waals surface area contributed by atoms with Crippen molar-refractivity contribution in [2.24, 2.45) is 5.92 Å². The zero-order valence-electron chi connectivity index (χ0n) is 9.63. The topological polar surface area (TPSA) is 3.24 Å². The molecule has 94 valence electrons. The van der Waals surface area contributed by atoms with Gasteiger partial charge in [0.05, 0.1) is 0 Å². The normalized spacial score (nSPS) is 21.7. The SMILES string of the molecule is Fc1ccc(Cl)c(CN2CCCC(CCl)C2)c1. The lowest BCUT2D eigenvalue weighted by atomic mass is 9.99. The summed E-state index contributed by atoms with van der Waals surface area (Å²) < 4.78 is 13.1. The molecule has 0 amide bonds. The fraction of sp³-hybridized carbons (Fsp3) is 0.538. The Morgan fingerprint density at radius 1 is 1.41 bits per heavy atom. The fourth-order valence-electron chi connectivity index (χ4n) is 2.33. The number of benzene rings is 1. The van der Waals surface area contributed by atoms with Crippen molar-refractivity contribution in [3.05, 3.63) is 34.6 Å². The Morgan fingerprint density at radius 2 is 2.24 bits per heavy atom. The van der Waals surface area contributed by atoms with E-state index in [1.54, 1.807) is 6.07 Å². The first-order chi connectivity index (χ1) is 8.19. The summed E-state index contributed by atoms with van der Waals surface area (Å²) in [4.78, 5) is 2.30. The van der Waals surface area contributed by atoms with E-state index in [2.05, 4.69) is 4.90 Å². The molecule has 2 rings (SSSR count). The number of hydrogen-bond acceptors (Lipinski definition) is 1. The Kier molecular flexibility index (Phi) is 4.66. The van der Waals surface area contributed by atoms with Crippen LogP contribution in [0.4, 0.5) is 4.39 Å². The minimum atomic E-state index is -0.227. The molecule has 1 nitrogen and oxygen atoms in total. The van der Waals surface area contributed by atoms with Crippen LogP contribution >= 0.6 is 23.2 Å². The summed E-state index contributed by atoms with van der Waals surface area (Å²) >= 11 is 12.0. The summed E-state index contributed by atoms with van der Waals surface area (Å²) in [6.07, 6.45) is 2.35. The summed E-state index contributed by atoms with van der Waals surface area (Å²) in [5.41, 5.74) is 0.863. The molecule has 0 saturated carbocycles. The van der Waals surface area contributed by atoms with E-state index in [1.165, 1.54) is 18.6 Å². The molecule has 0 aromatic heterocycles. The van der Waals surface area contributed by atoms with Crippen molar-refractivity contribution in [2.45, 2.75) is 19.4 Å². The van der Waals surface area contributed by atoms with E-state index in [0.717, 1.165) is 25.1 Å². The first-order valence-corrected chi connectivity index (χ1v) is 6.82. The predicted octanol–water partition coefficient (Wildman–Crippen LogP) is 3.93. The molecule has 4 heteroatoms. The van der Waals surface area contributed by atoms with Gasteiger partial charge in [-0.15, -0.1) is 11.6 Å². The van der Waals surface area contributed by atoms with Crippen LogP contribution in [0.5, 0.6) is 0 Å². The molecule has 1 saturated heterocycles. The summed E-state index contributed by atoms with van der Waals surface area (Å²) in [5.74, 6) is 1.03. The van der Waals surface area contributed by atoms with Crippen LogP contribution in [0, 0.1) is 11.7 Å². The summed E-state index contributed by atoms with van der Waals surface area (Å²) in [6, 6.07) is 4.53. The highest BCUT2D eigenvalue weighted by Crippen LogP contribution is 2.23. The van der Waals surface area contributed by atoms with Crippen molar-refractivity contribution in [1.82, 2.24) is 4.90 Å². The van der Waals surface area contributed by atoms with Gasteiger partial charge in [-0.05, 0) is 49.1 Å². The van der Waals surface area contributed by atoms with E-state index < -0.39 is 0 Å². The largest absolute Gasteiger partial charge is 0.299 e. The second-order valence-electron chi connectivity index (χ2n) is 4.63. The second-order valence-corrected chi connectivity index (χ2v) is 5.35. The average Bonchev–Trinajstić information content (AvgIpc) is 2.34. The van der Waals surface area contributed by atoms with Crippen LogP contribution in [0.1, 0.15) is 18.4 Å². The lowest BCUT2D eigenvalue weighted by molar-refractivity contribution is 0.178. The maximum Gasteiger partial charge on any atom is 0.123 e. The van der Waals surface area contributed by atoms with Gasteiger partial charge < -0.3 is 0 Å². The van der Waals surface area contributed by atoms with E-state index in [0.29, 0.717) is 23.4 Å². The zero-order chi connectivity index (χ0) is 12.3. The molecule has 1 aliphatic heterocycles. The molecule has 1 aliphatic rings. The van der Waals surface area contributed by atoms with Crippen LogP contribution in [-0.2, 0) is 6.54 Å². The maximum absolute atomic E-state index is 13.1. The van der Waals surface area contributed by atoms with Gasteiger partial charge >= 0.3 is 0 Å². The highest BCUT2D eigenvalue weighted by atomic mass is 35.5. The molecule has 1 aromatic carbocycles. The Morgan fingerprint density at radius 3 is 3.00 bits per heavy atom. The highest BCUT2D eigenvalue weighted by molar-refractivity contribution is 6.31. The first kappa shape index (κ1) is 13.1. The van der Waals surface area contributed by atoms with Crippen LogP contribution < -0.4 is 0 Å². The second kappa shape index (κ2) is 6.03. The summed E-state index contributed by atoms with van der Waals surface area (Å²) in [6.45, 7) is 2.74. The molecular weight excluding hydrogens is 260 g/mol. The van der Waals surface area contributed by atoms with Gasteiger partial charge in [0.2, 0.25) is 0 Å². The predicted molar refractivity (Wildman–Crippen MR) is 70.1 cm³/mol. The van der Waals surface area contributed by atoms with Gasteiger partial charge in [-0.3, -0.25) is 4.90 Å². The third kappa shape index (κ3) is 3.57. The minimum absolute atomic E-state index is 0.227. The van der Waals surface area contributed by atoms with Gasteiger partial charge in [-0.1, -0.05) is 11.6 Å². The number of rotatable bonds is 3. The van der Waals surface area contributed by atoms with Crippen molar-refractivity contribution in [3.63, 3.8) is 0 Å². The van der Waals surface area contributed by atoms with Crippen molar-refractivity contribution < 1.29 is 4.39 Å². The molecule has 0 bridgehead atoms. The lowest BCUT2D eigenvalue weighted by Crippen LogP contribution is -2.35. The number of piperidine rings is 1. The summed E-state index contributed by atoms with van der Waals surface area (Å²) in [5, 5.41) is 0.638. The molecule has 0 radical (unpaired) electrons. The Labute approximate surface area is 112 Å². The van der Waals surface area contributed by atoms with Crippen LogP contribution in [0.25, 0.3) is 0 Å². The van der Waals surface area contributed by atoms with Crippen molar-refractivity contribution in [1.29, 1.82) is 0 Å². The van der Waals surface area contributed by atoms with E-state index in [1.807, 2.05) is 0 Å². The Bertz CT molecular complexity index is 384. The number of alkyl halides is 1. The summed E-state index contributed by atoms with van der Waals surface area (Å²) in [7, 11) is 0. The average molecular weight is 276 g/mol. The van der Waals surface area contributed by atoms with Gasteiger partial charge in [-0.25, -0.2) is 4.39 Å². The zero-order valence-corrected chi connectivity index (χ0v) is 11.1. The maximum atomic E-state index is 13.1. The third-order valence-corrected chi connectivity index (χ3v) is 4.03. The van der Waals surface area contributed by atoms with Gasteiger partial charge in [0.15, 0.2) is 0 Å². The van der Waals surface area contributed by atoms with E-state index in [9.17, 15) is 4.39 Å². The molecule has 0 spiro atoms. The fourth-order valence-corrected chi connectivity index (χ4v) is 2.76. The smallest absolute Gasteiger partial charge is 0.123 e. The van der Waals surface area contributed by atoms with Crippen LogP contribution in [0.2, 0.25) is 5.02 Å². The Hall–Kier alpha value is -0.310. The Balaban J connectivity index is 2.02. The molecule has 0 aliphatic carbocycles. The number of hydrogen-bond donors (Lipinski definition) is 0. The van der Waals surface area contributed by atoms with E-state index in [-0.39, 0.29) is 5.82 Å². The van der Waals surface area contributed by atoms with E-state index in [4.69, 9.17) is 23.2 Å².